The third kappa shape index (κ3) is 2.13. The van der Waals surface area contributed by atoms with Gasteiger partial charge in [-0.25, -0.2) is 4.98 Å². The number of rotatable bonds is 6. The molecule has 3 N–H and O–H groups in total. The summed E-state index contributed by atoms with van der Waals surface area (Å²) in [5, 5.41) is 9.80. The van der Waals surface area contributed by atoms with E-state index in [4.69, 9.17) is 5.73 Å². The summed E-state index contributed by atoms with van der Waals surface area (Å²) < 4.78 is 1.88. The molecule has 1 aliphatic carbocycles. The van der Waals surface area contributed by atoms with E-state index < -0.39 is 11.4 Å². The molecule has 3 atom stereocenters. The lowest BCUT2D eigenvalue weighted by molar-refractivity contribution is -0.141. The minimum atomic E-state index is -0.852. The van der Waals surface area contributed by atoms with Crippen molar-refractivity contribution in [1.29, 1.82) is 0 Å². The molecule has 1 aliphatic rings. The summed E-state index contributed by atoms with van der Waals surface area (Å²) in [4.78, 5) is 16.3. The minimum Gasteiger partial charge on any atom is -0.481 e. The second kappa shape index (κ2) is 5.57. The number of benzene rings is 1. The molecule has 2 aromatic rings. The van der Waals surface area contributed by atoms with Gasteiger partial charge in [0.05, 0.1) is 12.0 Å². The van der Waals surface area contributed by atoms with Gasteiger partial charge in [0.15, 0.2) is 0 Å². The van der Waals surface area contributed by atoms with Gasteiger partial charge in [-0.3, -0.25) is 4.79 Å². The highest BCUT2D eigenvalue weighted by Gasteiger charge is 2.69. The van der Waals surface area contributed by atoms with Crippen molar-refractivity contribution >= 4 is 5.97 Å². The number of carboxylic acid groups (broad SMARTS) is 1. The Morgan fingerprint density at radius 3 is 2.77 bits per heavy atom. The van der Waals surface area contributed by atoms with E-state index >= 15 is 0 Å². The molecule has 3 rings (SSSR count). The van der Waals surface area contributed by atoms with Gasteiger partial charge >= 0.3 is 5.97 Å². The predicted octanol–water partition coefficient (Wildman–Crippen LogP) is 2.20. The first-order valence-corrected chi connectivity index (χ1v) is 7.65. The van der Waals surface area contributed by atoms with E-state index in [2.05, 4.69) is 4.98 Å². The number of carboxylic acids is 1. The van der Waals surface area contributed by atoms with Crippen LogP contribution in [0.3, 0.4) is 0 Å². The number of nitrogens with zero attached hydrogens (tertiary/aromatic N) is 2. The van der Waals surface area contributed by atoms with Gasteiger partial charge in [-0.05, 0) is 43.4 Å². The number of nitrogens with two attached hydrogens (primary N) is 1. The lowest BCUT2D eigenvalue weighted by Crippen LogP contribution is -2.24. The predicted molar refractivity (Wildman–Crippen MR) is 83.8 cm³/mol. The van der Waals surface area contributed by atoms with Gasteiger partial charge in [-0.15, -0.1) is 0 Å². The molecule has 0 radical (unpaired) electrons. The number of hydrogen-bond acceptors (Lipinski definition) is 3. The van der Waals surface area contributed by atoms with Crippen molar-refractivity contribution in [1.82, 2.24) is 9.55 Å². The molecule has 116 valence electrons. The Morgan fingerprint density at radius 1 is 1.41 bits per heavy atom. The zero-order valence-electron chi connectivity index (χ0n) is 12.6. The van der Waals surface area contributed by atoms with Crippen molar-refractivity contribution in [2.45, 2.75) is 25.2 Å². The van der Waals surface area contributed by atoms with E-state index in [1.165, 1.54) is 0 Å². The monoisotopic (exact) mass is 299 g/mol. The topological polar surface area (TPSA) is 81.1 Å². The van der Waals surface area contributed by atoms with Gasteiger partial charge < -0.3 is 15.4 Å². The van der Waals surface area contributed by atoms with Crippen molar-refractivity contribution in [2.24, 2.45) is 17.6 Å². The lowest BCUT2D eigenvalue weighted by Gasteiger charge is -2.10. The average molecular weight is 299 g/mol. The van der Waals surface area contributed by atoms with Crippen LogP contribution in [0.1, 0.15) is 25.5 Å². The first-order chi connectivity index (χ1) is 10.6. The molecule has 5 heteroatoms. The third-order valence-electron chi connectivity index (χ3n) is 4.93. The van der Waals surface area contributed by atoms with Crippen LogP contribution in [0.15, 0.2) is 42.9 Å². The van der Waals surface area contributed by atoms with Crippen LogP contribution in [0.25, 0.3) is 5.69 Å². The number of hydrogen-bond donors (Lipinski definition) is 2. The van der Waals surface area contributed by atoms with E-state index in [-0.39, 0.29) is 11.8 Å². The number of para-hydroxylation sites is 1. The largest absolute Gasteiger partial charge is 0.481 e. The fourth-order valence-electron chi connectivity index (χ4n) is 3.63. The minimum absolute atomic E-state index is 0.0932. The normalized spacial score (nSPS) is 26.8. The second-order valence-corrected chi connectivity index (χ2v) is 6.00. The van der Waals surface area contributed by atoms with Crippen LogP contribution in [0.4, 0.5) is 0 Å². The number of aromatic nitrogens is 2. The highest BCUT2D eigenvalue weighted by atomic mass is 16.4. The Morgan fingerprint density at radius 2 is 2.14 bits per heavy atom. The maximum absolute atomic E-state index is 11.9. The van der Waals surface area contributed by atoms with E-state index in [1.54, 1.807) is 6.33 Å². The van der Waals surface area contributed by atoms with Crippen molar-refractivity contribution in [2.75, 3.05) is 6.54 Å². The number of aliphatic carboxylic acids is 1. The summed E-state index contributed by atoms with van der Waals surface area (Å²) in [5.41, 5.74) is 6.35. The van der Waals surface area contributed by atoms with E-state index in [0.29, 0.717) is 12.2 Å². The standard InChI is InChI=1S/C17H21N3O2/c1-12-14(8-5-9-18)17(12,16(21)22)15-10-20(11-19-15)13-6-3-2-4-7-13/h2-4,6-7,10-12,14H,5,8-9,18H2,1H3,(H,21,22)/t12?,14?,17-/m0/s1. The SMILES string of the molecule is CC1C(CCCN)[C@]1(C(=O)O)c1cn(-c2ccccc2)cn1. The van der Waals surface area contributed by atoms with Crippen LogP contribution in [0, 0.1) is 11.8 Å². The molecule has 2 unspecified atom stereocenters. The zero-order valence-corrected chi connectivity index (χ0v) is 12.6. The lowest BCUT2D eigenvalue weighted by atomic mass is 9.97. The number of carbonyl (C=O) groups is 1. The van der Waals surface area contributed by atoms with Crippen LogP contribution in [-0.2, 0) is 10.2 Å². The first-order valence-electron chi connectivity index (χ1n) is 7.65. The second-order valence-electron chi connectivity index (χ2n) is 6.00. The Kier molecular flexibility index (Phi) is 3.74. The van der Waals surface area contributed by atoms with Gasteiger partial charge in [-0.2, -0.15) is 0 Å². The average Bonchev–Trinajstić information content (AvgIpc) is 2.88. The Labute approximate surface area is 129 Å². The maximum atomic E-state index is 11.9. The highest BCUT2D eigenvalue weighted by Crippen LogP contribution is 2.61. The molecule has 1 fully saturated rings. The van der Waals surface area contributed by atoms with Gasteiger partial charge in [0.2, 0.25) is 0 Å². The summed E-state index contributed by atoms with van der Waals surface area (Å²) in [7, 11) is 0. The summed E-state index contributed by atoms with van der Waals surface area (Å²) >= 11 is 0. The molecule has 5 nitrogen and oxygen atoms in total. The summed E-state index contributed by atoms with van der Waals surface area (Å²) in [6.45, 7) is 2.59. The molecule has 0 bridgehead atoms. The van der Waals surface area contributed by atoms with E-state index in [9.17, 15) is 9.90 Å². The maximum Gasteiger partial charge on any atom is 0.316 e. The Hall–Kier alpha value is -2.14. The van der Waals surface area contributed by atoms with Crippen LogP contribution in [0.5, 0.6) is 0 Å². The molecule has 1 heterocycles. The highest BCUT2D eigenvalue weighted by molar-refractivity contribution is 5.86. The third-order valence-corrected chi connectivity index (χ3v) is 4.93. The molecule has 1 saturated carbocycles. The molecule has 0 aliphatic heterocycles. The first kappa shape index (κ1) is 14.8. The molecule has 1 aromatic carbocycles. The molecule has 22 heavy (non-hydrogen) atoms. The number of imidazole rings is 1. The Bertz CT molecular complexity index is 668. The van der Waals surface area contributed by atoms with Crippen LogP contribution >= 0.6 is 0 Å². The summed E-state index contributed by atoms with van der Waals surface area (Å²) in [5.74, 6) is -0.566. The molecule has 0 saturated heterocycles. The molecule has 0 amide bonds. The van der Waals surface area contributed by atoms with Gasteiger partial charge in [-0.1, -0.05) is 25.1 Å². The fraction of sp³-hybridized carbons (Fsp3) is 0.412. The van der Waals surface area contributed by atoms with Crippen LogP contribution in [-0.4, -0.2) is 27.2 Å². The molecular formula is C17H21N3O2. The van der Waals surface area contributed by atoms with Crippen molar-refractivity contribution in [3.8, 4) is 5.69 Å². The van der Waals surface area contributed by atoms with Crippen molar-refractivity contribution < 1.29 is 9.90 Å². The van der Waals surface area contributed by atoms with E-state index in [0.717, 1.165) is 18.5 Å². The fourth-order valence-corrected chi connectivity index (χ4v) is 3.63. The van der Waals surface area contributed by atoms with Crippen molar-refractivity contribution in [3.05, 3.63) is 48.5 Å². The summed E-state index contributed by atoms with van der Waals surface area (Å²) in [6, 6.07) is 9.80. The smallest absolute Gasteiger partial charge is 0.316 e. The van der Waals surface area contributed by atoms with Gasteiger partial charge in [0.25, 0.3) is 0 Å². The molecule has 1 aromatic heterocycles. The molecule has 0 spiro atoms. The summed E-state index contributed by atoms with van der Waals surface area (Å²) in [6.07, 6.45) is 5.23. The molecular weight excluding hydrogens is 278 g/mol. The van der Waals surface area contributed by atoms with Crippen LogP contribution in [0.2, 0.25) is 0 Å². The zero-order chi connectivity index (χ0) is 15.7. The quantitative estimate of drug-likeness (QED) is 0.857. The van der Waals surface area contributed by atoms with Gasteiger partial charge in [0, 0.05) is 11.9 Å². The van der Waals surface area contributed by atoms with E-state index in [1.807, 2.05) is 48.0 Å². The van der Waals surface area contributed by atoms with Crippen LogP contribution < -0.4 is 5.73 Å². The van der Waals surface area contributed by atoms with Gasteiger partial charge in [0.1, 0.15) is 5.41 Å². The Balaban J connectivity index is 1.92. The van der Waals surface area contributed by atoms with Crippen molar-refractivity contribution in [3.63, 3.8) is 0 Å².